The minimum Gasteiger partial charge on any atom is -0.507 e. The van der Waals surface area contributed by atoms with Gasteiger partial charge in [-0.1, -0.05) is 18.6 Å². The molecule has 0 aromatic heterocycles. The fraction of sp³-hybridized carbons (Fsp3) is 0.485. The number of hydrogen-bond donors (Lipinski definition) is 1. The van der Waals surface area contributed by atoms with Gasteiger partial charge in [0.1, 0.15) is 46.0 Å². The van der Waals surface area contributed by atoms with Crippen LogP contribution in [0.15, 0.2) is 46.3 Å². The van der Waals surface area contributed by atoms with E-state index in [-0.39, 0.29) is 45.9 Å². The number of methoxy groups -OCH3 is 1. The molecule has 3 unspecified atom stereocenters. The lowest BCUT2D eigenvalue weighted by atomic mass is 9.70. The lowest BCUT2D eigenvalue weighted by Crippen LogP contribution is -2.42. The molecule has 2 aliphatic heterocycles. The van der Waals surface area contributed by atoms with Crippen molar-refractivity contribution in [3.8, 4) is 17.2 Å². The number of allylic oxidation sites excluding steroid dienone is 4. The molecule has 7 heteroatoms. The molecule has 0 saturated carbocycles. The van der Waals surface area contributed by atoms with E-state index >= 15 is 0 Å². The summed E-state index contributed by atoms with van der Waals surface area (Å²) in [5.41, 5.74) is 2.24. The van der Waals surface area contributed by atoms with Crippen LogP contribution >= 0.6 is 0 Å². The van der Waals surface area contributed by atoms with Gasteiger partial charge in [-0.3, -0.25) is 14.4 Å². The van der Waals surface area contributed by atoms with Crippen molar-refractivity contribution >= 4 is 23.4 Å². The lowest BCUT2D eigenvalue weighted by molar-refractivity contribution is -0.130. The highest BCUT2D eigenvalue weighted by Crippen LogP contribution is 2.52. The van der Waals surface area contributed by atoms with E-state index in [0.29, 0.717) is 41.7 Å². The second-order valence-corrected chi connectivity index (χ2v) is 12.1. The monoisotopic (exact) mass is 546 g/mol. The third kappa shape index (κ3) is 4.74. The zero-order chi connectivity index (χ0) is 28.9. The minimum atomic E-state index is -0.924. The smallest absolute Gasteiger partial charge is 0.199 e. The van der Waals surface area contributed by atoms with Gasteiger partial charge in [0.2, 0.25) is 0 Å². The Labute approximate surface area is 235 Å². The number of fused-ring (bicyclic) bond motifs is 5. The molecule has 0 amide bonds. The van der Waals surface area contributed by atoms with Gasteiger partial charge in [-0.2, -0.15) is 0 Å². The standard InChI is InChI=1S/C33H38O7/c1-17(2)10-9-11-18(3)30(38-6)29(37)26-27(35)20-13-8-7-12-19(20)24-28(36)25-22(34)16-23-21(31(25)39-32(24)26)14-15-33(4,5)40-23/h10,14-16,18,24,30,34H,7-9,11-13H2,1-6H3. The van der Waals surface area contributed by atoms with E-state index in [1.807, 2.05) is 40.7 Å². The number of phenols is 1. The number of phenolic OH excluding ortho intramolecular Hbond substituents is 1. The van der Waals surface area contributed by atoms with E-state index < -0.39 is 23.4 Å². The highest BCUT2D eigenvalue weighted by Gasteiger charge is 2.50. The second-order valence-electron chi connectivity index (χ2n) is 12.1. The summed E-state index contributed by atoms with van der Waals surface area (Å²) in [6, 6.07) is 1.45. The van der Waals surface area contributed by atoms with Gasteiger partial charge in [-0.15, -0.1) is 0 Å². The fourth-order valence-electron chi connectivity index (χ4n) is 6.30. The molecule has 2 aliphatic carbocycles. The summed E-state index contributed by atoms with van der Waals surface area (Å²) in [4.78, 5) is 42.3. The lowest BCUT2D eigenvalue weighted by Gasteiger charge is -2.38. The van der Waals surface area contributed by atoms with Crippen LogP contribution in [0.1, 0.15) is 89.1 Å². The summed E-state index contributed by atoms with van der Waals surface area (Å²) < 4.78 is 18.2. The van der Waals surface area contributed by atoms with E-state index in [1.54, 1.807) is 6.08 Å². The molecule has 1 N–H and O–H groups in total. The third-order valence-corrected chi connectivity index (χ3v) is 8.32. The molecule has 5 rings (SSSR count). The van der Waals surface area contributed by atoms with Crippen LogP contribution in [0.2, 0.25) is 0 Å². The summed E-state index contributed by atoms with van der Waals surface area (Å²) >= 11 is 0. The highest BCUT2D eigenvalue weighted by molar-refractivity contribution is 6.30. The van der Waals surface area contributed by atoms with Gasteiger partial charge in [0.15, 0.2) is 23.1 Å². The van der Waals surface area contributed by atoms with E-state index in [0.717, 1.165) is 19.3 Å². The maximum Gasteiger partial charge on any atom is 0.199 e. The van der Waals surface area contributed by atoms with Crippen molar-refractivity contribution in [2.24, 2.45) is 11.8 Å². The van der Waals surface area contributed by atoms with Gasteiger partial charge in [-0.05, 0) is 89.9 Å². The molecular weight excluding hydrogens is 508 g/mol. The zero-order valence-corrected chi connectivity index (χ0v) is 24.2. The second kappa shape index (κ2) is 10.5. The van der Waals surface area contributed by atoms with Crippen LogP contribution in [0.4, 0.5) is 0 Å². The Kier molecular flexibility index (Phi) is 7.38. The molecule has 4 aliphatic rings. The van der Waals surface area contributed by atoms with Crippen molar-refractivity contribution < 1.29 is 33.7 Å². The van der Waals surface area contributed by atoms with Gasteiger partial charge in [0, 0.05) is 18.7 Å². The molecule has 212 valence electrons. The van der Waals surface area contributed by atoms with Crippen LogP contribution in [-0.4, -0.2) is 41.3 Å². The number of Topliss-reactive ketones (excluding diaryl/α,β-unsaturated/α-hetero) is 3. The largest absolute Gasteiger partial charge is 0.507 e. The normalized spacial score (nSPS) is 22.3. The summed E-state index contributed by atoms with van der Waals surface area (Å²) in [5, 5.41) is 11.0. The molecule has 40 heavy (non-hydrogen) atoms. The van der Waals surface area contributed by atoms with E-state index in [9.17, 15) is 19.5 Å². The topological polar surface area (TPSA) is 99.1 Å². The molecule has 7 nitrogen and oxygen atoms in total. The Morgan fingerprint density at radius 2 is 1.95 bits per heavy atom. The Balaban J connectivity index is 1.65. The summed E-state index contributed by atoms with van der Waals surface area (Å²) in [6.07, 6.45) is 9.08. The Morgan fingerprint density at radius 3 is 2.65 bits per heavy atom. The first-order valence-electron chi connectivity index (χ1n) is 14.2. The number of carbonyl (C=O) groups is 3. The number of benzene rings is 1. The van der Waals surface area contributed by atoms with Crippen molar-refractivity contribution in [1.29, 1.82) is 0 Å². The van der Waals surface area contributed by atoms with Crippen LogP contribution in [0, 0.1) is 11.8 Å². The average molecular weight is 547 g/mol. The first kappa shape index (κ1) is 28.1. The molecule has 1 aromatic rings. The quantitative estimate of drug-likeness (QED) is 0.310. The van der Waals surface area contributed by atoms with Crippen molar-refractivity contribution in [3.05, 3.63) is 57.4 Å². The van der Waals surface area contributed by atoms with Crippen molar-refractivity contribution in [2.45, 2.75) is 84.8 Å². The number of rotatable bonds is 7. The van der Waals surface area contributed by atoms with Crippen LogP contribution in [0.25, 0.3) is 6.08 Å². The molecule has 3 atom stereocenters. The van der Waals surface area contributed by atoms with E-state index in [2.05, 4.69) is 6.08 Å². The Morgan fingerprint density at radius 1 is 1.23 bits per heavy atom. The van der Waals surface area contributed by atoms with Gasteiger partial charge < -0.3 is 19.3 Å². The Hall–Kier alpha value is -3.45. The first-order valence-corrected chi connectivity index (χ1v) is 14.2. The summed E-state index contributed by atoms with van der Waals surface area (Å²) in [7, 11) is 1.47. The molecule has 0 saturated heterocycles. The summed E-state index contributed by atoms with van der Waals surface area (Å²) in [5.74, 6) is -2.01. The minimum absolute atomic E-state index is 0.0532. The molecular formula is C33H38O7. The zero-order valence-electron chi connectivity index (χ0n) is 24.2. The van der Waals surface area contributed by atoms with E-state index in [1.165, 1.54) is 18.7 Å². The van der Waals surface area contributed by atoms with E-state index in [4.69, 9.17) is 14.2 Å². The van der Waals surface area contributed by atoms with Crippen LogP contribution < -0.4 is 9.47 Å². The van der Waals surface area contributed by atoms with Crippen molar-refractivity contribution in [2.75, 3.05) is 7.11 Å². The predicted molar refractivity (Wildman–Crippen MR) is 151 cm³/mol. The number of hydrogen-bond acceptors (Lipinski definition) is 7. The number of carbonyl (C=O) groups excluding carboxylic acids is 3. The van der Waals surface area contributed by atoms with Gasteiger partial charge in [0.25, 0.3) is 0 Å². The van der Waals surface area contributed by atoms with Gasteiger partial charge in [0.05, 0.1) is 5.56 Å². The Bertz CT molecular complexity index is 1410. The van der Waals surface area contributed by atoms with Crippen molar-refractivity contribution in [1.82, 2.24) is 0 Å². The molecule has 0 radical (unpaired) electrons. The number of ketones is 3. The predicted octanol–water partition coefficient (Wildman–Crippen LogP) is 6.44. The molecule has 0 fully saturated rings. The summed E-state index contributed by atoms with van der Waals surface area (Å²) in [6.45, 7) is 9.75. The first-order chi connectivity index (χ1) is 18.9. The van der Waals surface area contributed by atoms with Crippen molar-refractivity contribution in [3.63, 3.8) is 0 Å². The van der Waals surface area contributed by atoms with Crippen LogP contribution in [0.5, 0.6) is 17.2 Å². The maximum atomic E-state index is 14.2. The van der Waals surface area contributed by atoms with Gasteiger partial charge in [-0.25, -0.2) is 0 Å². The molecule has 1 aromatic carbocycles. The molecule has 0 bridgehead atoms. The average Bonchev–Trinajstić information content (AvgIpc) is 2.88. The fourth-order valence-corrected chi connectivity index (χ4v) is 6.30. The SMILES string of the molecule is COC(C(=O)C1=C2Oc3c4c(cc(O)c3C(=O)C2C2=C(CCCC2)C1=O)OC(C)(C)C=C4)C(C)CCC=C(C)C. The van der Waals surface area contributed by atoms with Gasteiger partial charge >= 0.3 is 0 Å². The maximum absolute atomic E-state index is 14.2. The number of aromatic hydroxyl groups is 1. The van der Waals surface area contributed by atoms with Crippen LogP contribution in [-0.2, 0) is 14.3 Å². The molecule has 0 spiro atoms. The van der Waals surface area contributed by atoms with Crippen LogP contribution in [0.3, 0.4) is 0 Å². The third-order valence-electron chi connectivity index (χ3n) is 8.32. The number of ether oxygens (including phenoxy) is 3. The molecule has 2 heterocycles. The highest BCUT2D eigenvalue weighted by atomic mass is 16.5.